The van der Waals surface area contributed by atoms with Gasteiger partial charge in [-0.15, -0.1) is 0 Å². The zero-order valence-corrected chi connectivity index (χ0v) is 14.4. The van der Waals surface area contributed by atoms with Crippen molar-refractivity contribution in [3.8, 4) is 0 Å². The maximum absolute atomic E-state index is 10.4. The van der Waals surface area contributed by atoms with Gasteiger partial charge in [-0.3, -0.25) is 4.79 Å². The van der Waals surface area contributed by atoms with E-state index in [-0.39, 0.29) is 6.42 Å². The highest BCUT2D eigenvalue weighted by Crippen LogP contribution is 2.14. The first-order chi connectivity index (χ1) is 11.0. The number of aliphatic carboxylic acids is 1. The van der Waals surface area contributed by atoms with Crippen molar-refractivity contribution < 1.29 is 25.2 Å². The van der Waals surface area contributed by atoms with E-state index in [1.54, 1.807) is 0 Å². The normalized spacial score (nSPS) is 15.7. The monoisotopic (exact) mass is 330 g/mol. The lowest BCUT2D eigenvalue weighted by molar-refractivity contribution is -0.137. The summed E-state index contributed by atoms with van der Waals surface area (Å²) in [6.07, 6.45) is 9.54. The Morgan fingerprint density at radius 1 is 0.870 bits per heavy atom. The van der Waals surface area contributed by atoms with Crippen LogP contribution in [-0.2, 0) is 4.79 Å². The maximum atomic E-state index is 10.4. The second-order valence-corrected chi connectivity index (χ2v) is 6.18. The molecule has 5 nitrogen and oxygen atoms in total. The number of hydrogen-bond acceptors (Lipinski definition) is 4. The van der Waals surface area contributed by atoms with Gasteiger partial charge in [-0.2, -0.15) is 0 Å². The van der Waals surface area contributed by atoms with Crippen LogP contribution in [0.1, 0.15) is 77.6 Å². The average Bonchev–Trinajstić information content (AvgIpc) is 2.51. The second-order valence-electron chi connectivity index (χ2n) is 6.18. The molecule has 0 heterocycles. The first kappa shape index (κ1) is 22.1. The SMILES string of the molecule is CC/C=C\C[C@H](O)[C@H](O)CC[C@@H](O)CCCCCCCC(=O)O. The van der Waals surface area contributed by atoms with Gasteiger partial charge in [0.05, 0.1) is 18.3 Å². The molecule has 0 fully saturated rings. The summed E-state index contributed by atoms with van der Waals surface area (Å²) in [6.45, 7) is 2.02. The van der Waals surface area contributed by atoms with E-state index in [0.717, 1.165) is 32.1 Å². The lowest BCUT2D eigenvalue weighted by atomic mass is 10.00. The van der Waals surface area contributed by atoms with Crippen LogP contribution in [0.3, 0.4) is 0 Å². The minimum Gasteiger partial charge on any atom is -0.481 e. The third-order valence-electron chi connectivity index (χ3n) is 3.95. The number of aliphatic hydroxyl groups is 3. The molecule has 0 bridgehead atoms. The van der Waals surface area contributed by atoms with Crippen molar-refractivity contribution in [2.75, 3.05) is 0 Å². The number of allylic oxidation sites excluding steroid dienone is 1. The number of aliphatic hydroxyl groups excluding tert-OH is 3. The van der Waals surface area contributed by atoms with E-state index in [1.165, 1.54) is 0 Å². The van der Waals surface area contributed by atoms with Gasteiger partial charge < -0.3 is 20.4 Å². The molecular formula is C18H34O5. The van der Waals surface area contributed by atoms with Gasteiger partial charge in [0.2, 0.25) is 0 Å². The van der Waals surface area contributed by atoms with E-state index in [9.17, 15) is 20.1 Å². The van der Waals surface area contributed by atoms with Crippen LogP contribution in [0, 0.1) is 0 Å². The molecular weight excluding hydrogens is 296 g/mol. The molecule has 0 saturated carbocycles. The molecule has 3 atom stereocenters. The number of unbranched alkanes of at least 4 members (excludes halogenated alkanes) is 4. The Bertz CT molecular complexity index is 317. The van der Waals surface area contributed by atoms with Crippen molar-refractivity contribution in [1.82, 2.24) is 0 Å². The number of rotatable bonds is 15. The standard InChI is InChI=1S/C18H34O5/c1-2-3-7-11-16(20)17(21)14-13-15(19)10-8-5-4-6-9-12-18(22)23/h3,7,15-17,19-21H,2,4-6,8-14H2,1H3,(H,22,23)/b7-3-/t15-,16-,17+/m0/s1. The molecule has 0 aromatic heterocycles. The summed E-state index contributed by atoms with van der Waals surface area (Å²) in [5.41, 5.74) is 0. The van der Waals surface area contributed by atoms with Gasteiger partial charge in [-0.25, -0.2) is 0 Å². The number of carboxylic acid groups (broad SMARTS) is 1. The minimum absolute atomic E-state index is 0.232. The Kier molecular flexibility index (Phi) is 14.1. The summed E-state index contributed by atoms with van der Waals surface area (Å²) in [5, 5.41) is 38.0. The Labute approximate surface area is 140 Å². The van der Waals surface area contributed by atoms with E-state index in [1.807, 2.05) is 19.1 Å². The Morgan fingerprint density at radius 3 is 2.17 bits per heavy atom. The second kappa shape index (κ2) is 14.7. The highest BCUT2D eigenvalue weighted by molar-refractivity contribution is 5.66. The van der Waals surface area contributed by atoms with Crippen LogP contribution >= 0.6 is 0 Å². The summed E-state index contributed by atoms with van der Waals surface area (Å²) in [6, 6.07) is 0. The van der Waals surface area contributed by atoms with Crippen molar-refractivity contribution in [3.05, 3.63) is 12.2 Å². The molecule has 0 saturated heterocycles. The van der Waals surface area contributed by atoms with E-state index < -0.39 is 24.3 Å². The predicted octanol–water partition coefficient (Wildman–Crippen LogP) is 3.02. The Morgan fingerprint density at radius 2 is 1.52 bits per heavy atom. The van der Waals surface area contributed by atoms with Crippen LogP contribution in [0.2, 0.25) is 0 Å². The zero-order chi connectivity index (χ0) is 17.5. The van der Waals surface area contributed by atoms with Crippen molar-refractivity contribution in [1.29, 1.82) is 0 Å². The number of carboxylic acids is 1. The van der Waals surface area contributed by atoms with Crippen molar-refractivity contribution in [2.45, 2.75) is 95.9 Å². The van der Waals surface area contributed by atoms with Gasteiger partial charge in [0.25, 0.3) is 0 Å². The molecule has 23 heavy (non-hydrogen) atoms. The summed E-state index contributed by atoms with van der Waals surface area (Å²) in [7, 11) is 0. The highest BCUT2D eigenvalue weighted by atomic mass is 16.4. The maximum Gasteiger partial charge on any atom is 0.303 e. The molecule has 0 unspecified atom stereocenters. The molecule has 4 N–H and O–H groups in total. The average molecular weight is 330 g/mol. The van der Waals surface area contributed by atoms with E-state index in [0.29, 0.717) is 32.1 Å². The van der Waals surface area contributed by atoms with Crippen LogP contribution in [0.5, 0.6) is 0 Å². The van der Waals surface area contributed by atoms with Crippen molar-refractivity contribution in [3.63, 3.8) is 0 Å². The van der Waals surface area contributed by atoms with Gasteiger partial charge in [0.15, 0.2) is 0 Å². The quantitative estimate of drug-likeness (QED) is 0.273. The molecule has 136 valence electrons. The molecule has 0 aliphatic rings. The van der Waals surface area contributed by atoms with E-state index >= 15 is 0 Å². The zero-order valence-electron chi connectivity index (χ0n) is 14.4. The molecule has 0 rings (SSSR count). The van der Waals surface area contributed by atoms with Crippen LogP contribution in [0.25, 0.3) is 0 Å². The molecule has 0 aromatic rings. The first-order valence-corrected chi connectivity index (χ1v) is 8.88. The molecule has 0 aliphatic carbocycles. The van der Waals surface area contributed by atoms with Crippen LogP contribution < -0.4 is 0 Å². The van der Waals surface area contributed by atoms with Crippen molar-refractivity contribution >= 4 is 5.97 Å². The summed E-state index contributed by atoms with van der Waals surface area (Å²) < 4.78 is 0. The smallest absolute Gasteiger partial charge is 0.303 e. The summed E-state index contributed by atoms with van der Waals surface area (Å²) in [4.78, 5) is 10.4. The van der Waals surface area contributed by atoms with E-state index in [2.05, 4.69) is 0 Å². The molecule has 0 aromatic carbocycles. The fourth-order valence-corrected chi connectivity index (χ4v) is 2.45. The van der Waals surface area contributed by atoms with Gasteiger partial charge in [-0.1, -0.05) is 44.8 Å². The van der Waals surface area contributed by atoms with Crippen LogP contribution in [0.15, 0.2) is 12.2 Å². The topological polar surface area (TPSA) is 98.0 Å². The lowest BCUT2D eigenvalue weighted by Crippen LogP contribution is -2.26. The van der Waals surface area contributed by atoms with E-state index in [4.69, 9.17) is 5.11 Å². The molecule has 0 spiro atoms. The molecule has 0 radical (unpaired) electrons. The predicted molar refractivity (Wildman–Crippen MR) is 91.3 cm³/mol. The number of carbonyl (C=O) groups is 1. The Balaban J connectivity index is 3.56. The fraction of sp³-hybridized carbons (Fsp3) is 0.833. The van der Waals surface area contributed by atoms with Gasteiger partial charge >= 0.3 is 5.97 Å². The molecule has 0 aliphatic heterocycles. The third-order valence-corrected chi connectivity index (χ3v) is 3.95. The van der Waals surface area contributed by atoms with Crippen LogP contribution in [0.4, 0.5) is 0 Å². The number of hydrogen-bond donors (Lipinski definition) is 4. The highest BCUT2D eigenvalue weighted by Gasteiger charge is 2.16. The minimum atomic E-state index is -0.790. The Hall–Kier alpha value is -0.910. The van der Waals surface area contributed by atoms with Gasteiger partial charge in [0, 0.05) is 6.42 Å². The van der Waals surface area contributed by atoms with Gasteiger partial charge in [0.1, 0.15) is 0 Å². The van der Waals surface area contributed by atoms with Gasteiger partial charge in [-0.05, 0) is 38.5 Å². The van der Waals surface area contributed by atoms with Crippen LogP contribution in [-0.4, -0.2) is 44.7 Å². The van der Waals surface area contributed by atoms with Crippen molar-refractivity contribution in [2.24, 2.45) is 0 Å². The largest absolute Gasteiger partial charge is 0.481 e. The first-order valence-electron chi connectivity index (χ1n) is 8.88. The fourth-order valence-electron chi connectivity index (χ4n) is 2.45. The lowest BCUT2D eigenvalue weighted by Gasteiger charge is -2.18. The summed E-state index contributed by atoms with van der Waals surface area (Å²) in [5.74, 6) is -0.744. The molecule has 5 heteroatoms. The third kappa shape index (κ3) is 14.4. The molecule has 0 amide bonds. The summed E-state index contributed by atoms with van der Waals surface area (Å²) >= 11 is 0.